The molecule has 0 N–H and O–H groups in total. The number of nitrogens with zero attached hydrogens (tertiary/aromatic N) is 2. The van der Waals surface area contributed by atoms with Crippen molar-refractivity contribution in [2.45, 2.75) is 27.4 Å². The van der Waals surface area contributed by atoms with Gasteiger partial charge in [-0.15, -0.1) is 0 Å². The summed E-state index contributed by atoms with van der Waals surface area (Å²) in [6.07, 6.45) is 1.74. The number of rotatable bonds is 3. The van der Waals surface area contributed by atoms with Crippen molar-refractivity contribution >= 4 is 5.65 Å². The molecule has 1 aromatic carbocycles. The number of ether oxygens (including phenoxy) is 1. The summed E-state index contributed by atoms with van der Waals surface area (Å²) in [5.41, 5.74) is 4.55. The first kappa shape index (κ1) is 14.3. The maximum Gasteiger partial charge on any atom is 0.258 e. The molecule has 0 spiro atoms. The Morgan fingerprint density at radius 1 is 1.00 bits per heavy atom. The second-order valence-corrected chi connectivity index (χ2v) is 5.63. The van der Waals surface area contributed by atoms with Crippen LogP contribution in [0.4, 0.5) is 0 Å². The molecule has 0 aliphatic carbocycles. The van der Waals surface area contributed by atoms with Crippen LogP contribution < -0.4 is 10.3 Å². The summed E-state index contributed by atoms with van der Waals surface area (Å²) in [5.74, 6) is 0.795. The SMILES string of the molecule is Cc1cc(C)cc(OCc2cc(=O)n3ccc(C)cc3n2)c1. The van der Waals surface area contributed by atoms with Crippen molar-refractivity contribution in [1.82, 2.24) is 9.38 Å². The number of pyridine rings is 1. The Kier molecular flexibility index (Phi) is 3.67. The lowest BCUT2D eigenvalue weighted by Crippen LogP contribution is -2.16. The van der Waals surface area contributed by atoms with Crippen LogP contribution in [-0.4, -0.2) is 9.38 Å². The molecule has 0 amide bonds. The Morgan fingerprint density at radius 3 is 2.45 bits per heavy atom. The smallest absolute Gasteiger partial charge is 0.258 e. The van der Waals surface area contributed by atoms with Crippen LogP contribution in [0.5, 0.6) is 5.75 Å². The summed E-state index contributed by atoms with van der Waals surface area (Å²) in [6.45, 7) is 6.32. The molecule has 4 nitrogen and oxygen atoms in total. The molecule has 0 fully saturated rings. The minimum Gasteiger partial charge on any atom is -0.487 e. The summed E-state index contributed by atoms with van der Waals surface area (Å²) >= 11 is 0. The van der Waals surface area contributed by atoms with Gasteiger partial charge in [-0.2, -0.15) is 0 Å². The zero-order chi connectivity index (χ0) is 15.7. The first-order valence-electron chi connectivity index (χ1n) is 7.21. The van der Waals surface area contributed by atoms with Gasteiger partial charge in [0, 0.05) is 12.3 Å². The molecule has 0 radical (unpaired) electrons. The fourth-order valence-electron chi connectivity index (χ4n) is 2.50. The van der Waals surface area contributed by atoms with Gasteiger partial charge in [-0.1, -0.05) is 6.07 Å². The molecule has 0 unspecified atom stereocenters. The second kappa shape index (κ2) is 5.64. The van der Waals surface area contributed by atoms with Gasteiger partial charge in [-0.25, -0.2) is 4.98 Å². The molecule has 0 aliphatic heterocycles. The van der Waals surface area contributed by atoms with Crippen LogP contribution in [0, 0.1) is 20.8 Å². The Labute approximate surface area is 129 Å². The van der Waals surface area contributed by atoms with Crippen LogP contribution in [0.15, 0.2) is 47.4 Å². The van der Waals surface area contributed by atoms with E-state index in [0.29, 0.717) is 11.3 Å². The van der Waals surface area contributed by atoms with Crippen molar-refractivity contribution in [2.24, 2.45) is 0 Å². The minimum atomic E-state index is -0.0935. The van der Waals surface area contributed by atoms with E-state index in [1.54, 1.807) is 6.20 Å². The van der Waals surface area contributed by atoms with Crippen LogP contribution in [0.1, 0.15) is 22.4 Å². The molecule has 3 rings (SSSR count). The minimum absolute atomic E-state index is 0.0935. The van der Waals surface area contributed by atoms with Crippen molar-refractivity contribution in [1.29, 1.82) is 0 Å². The highest BCUT2D eigenvalue weighted by Crippen LogP contribution is 2.17. The van der Waals surface area contributed by atoms with E-state index in [9.17, 15) is 4.79 Å². The van der Waals surface area contributed by atoms with Gasteiger partial charge in [-0.05, 0) is 61.7 Å². The van der Waals surface area contributed by atoms with Gasteiger partial charge in [0.25, 0.3) is 5.56 Å². The molecule has 0 saturated carbocycles. The van der Waals surface area contributed by atoms with Gasteiger partial charge in [0.1, 0.15) is 18.0 Å². The van der Waals surface area contributed by atoms with Gasteiger partial charge >= 0.3 is 0 Å². The summed E-state index contributed by atoms with van der Waals surface area (Å²) in [6, 6.07) is 11.3. The van der Waals surface area contributed by atoms with E-state index < -0.39 is 0 Å². The Balaban J connectivity index is 1.89. The normalized spacial score (nSPS) is 10.9. The number of aromatic nitrogens is 2. The van der Waals surface area contributed by atoms with Crippen LogP contribution >= 0.6 is 0 Å². The van der Waals surface area contributed by atoms with Crippen LogP contribution in [0.2, 0.25) is 0 Å². The highest BCUT2D eigenvalue weighted by molar-refractivity contribution is 5.41. The van der Waals surface area contributed by atoms with Crippen molar-refractivity contribution in [3.05, 3.63) is 75.3 Å². The fourth-order valence-corrected chi connectivity index (χ4v) is 2.50. The average molecular weight is 294 g/mol. The van der Waals surface area contributed by atoms with E-state index in [-0.39, 0.29) is 12.2 Å². The highest BCUT2D eigenvalue weighted by Gasteiger charge is 2.04. The monoisotopic (exact) mass is 294 g/mol. The predicted octanol–water partition coefficient (Wildman–Crippen LogP) is 3.20. The zero-order valence-corrected chi connectivity index (χ0v) is 13.0. The van der Waals surface area contributed by atoms with Crippen LogP contribution in [0.3, 0.4) is 0 Å². The highest BCUT2D eigenvalue weighted by atomic mass is 16.5. The molecule has 3 aromatic rings. The number of hydrogen-bond donors (Lipinski definition) is 0. The average Bonchev–Trinajstić information content (AvgIpc) is 2.43. The molecule has 0 saturated heterocycles. The molecule has 0 bridgehead atoms. The standard InChI is InChI=1S/C18H18N2O2/c1-12-4-5-20-17(9-12)19-15(10-18(20)21)11-22-16-7-13(2)6-14(3)8-16/h4-10H,11H2,1-3H3. The maximum absolute atomic E-state index is 12.1. The molecule has 2 aromatic heterocycles. The first-order chi connectivity index (χ1) is 10.5. The summed E-state index contributed by atoms with van der Waals surface area (Å²) < 4.78 is 7.31. The molecular weight excluding hydrogens is 276 g/mol. The van der Waals surface area contributed by atoms with Gasteiger partial charge in [-0.3, -0.25) is 9.20 Å². The summed E-state index contributed by atoms with van der Waals surface area (Å²) in [4.78, 5) is 16.6. The Hall–Kier alpha value is -2.62. The molecule has 0 aliphatic rings. The number of aryl methyl sites for hydroxylation is 3. The zero-order valence-electron chi connectivity index (χ0n) is 13.0. The molecule has 112 valence electrons. The predicted molar refractivity (Wildman–Crippen MR) is 86.4 cm³/mol. The largest absolute Gasteiger partial charge is 0.487 e. The second-order valence-electron chi connectivity index (χ2n) is 5.63. The third-order valence-corrected chi connectivity index (χ3v) is 3.46. The number of benzene rings is 1. The quantitative estimate of drug-likeness (QED) is 0.745. The molecule has 4 heteroatoms. The fraction of sp³-hybridized carbons (Fsp3) is 0.222. The van der Waals surface area contributed by atoms with Gasteiger partial charge in [0.2, 0.25) is 0 Å². The Bertz CT molecular complexity index is 877. The third-order valence-electron chi connectivity index (χ3n) is 3.46. The van der Waals surface area contributed by atoms with Crippen molar-refractivity contribution in [2.75, 3.05) is 0 Å². The summed E-state index contributed by atoms with van der Waals surface area (Å²) in [5, 5.41) is 0. The van der Waals surface area contributed by atoms with Gasteiger partial charge in [0.05, 0.1) is 5.69 Å². The van der Waals surface area contributed by atoms with E-state index in [2.05, 4.69) is 11.1 Å². The third kappa shape index (κ3) is 3.01. The lowest BCUT2D eigenvalue weighted by atomic mass is 10.1. The van der Waals surface area contributed by atoms with Crippen molar-refractivity contribution in [3.63, 3.8) is 0 Å². The lowest BCUT2D eigenvalue weighted by Gasteiger charge is -2.09. The van der Waals surface area contributed by atoms with E-state index >= 15 is 0 Å². The van der Waals surface area contributed by atoms with E-state index in [1.165, 1.54) is 10.5 Å². The number of hydrogen-bond acceptors (Lipinski definition) is 3. The molecular formula is C18H18N2O2. The maximum atomic E-state index is 12.1. The molecule has 0 atom stereocenters. The van der Waals surface area contributed by atoms with E-state index in [4.69, 9.17) is 4.74 Å². The van der Waals surface area contributed by atoms with Crippen molar-refractivity contribution in [3.8, 4) is 5.75 Å². The van der Waals surface area contributed by atoms with Crippen molar-refractivity contribution < 1.29 is 4.74 Å². The van der Waals surface area contributed by atoms with Crippen LogP contribution in [0.25, 0.3) is 5.65 Å². The molecule has 22 heavy (non-hydrogen) atoms. The van der Waals surface area contributed by atoms with Gasteiger partial charge in [0.15, 0.2) is 0 Å². The summed E-state index contributed by atoms with van der Waals surface area (Å²) in [7, 11) is 0. The number of fused-ring (bicyclic) bond motifs is 1. The molecule has 2 heterocycles. The van der Waals surface area contributed by atoms with E-state index in [1.807, 2.05) is 45.0 Å². The van der Waals surface area contributed by atoms with Gasteiger partial charge < -0.3 is 4.74 Å². The first-order valence-corrected chi connectivity index (χ1v) is 7.21. The topological polar surface area (TPSA) is 43.6 Å². The van der Waals surface area contributed by atoms with E-state index in [0.717, 1.165) is 22.4 Å². The lowest BCUT2D eigenvalue weighted by molar-refractivity contribution is 0.301. The van der Waals surface area contributed by atoms with Crippen LogP contribution in [-0.2, 0) is 6.61 Å². The Morgan fingerprint density at radius 2 is 1.73 bits per heavy atom.